The Bertz CT molecular complexity index is 1140. The Labute approximate surface area is 196 Å². The summed E-state index contributed by atoms with van der Waals surface area (Å²) in [6.07, 6.45) is 0.724. The largest absolute Gasteiger partial charge is 0.330 e. The summed E-state index contributed by atoms with van der Waals surface area (Å²) < 4.78 is 27.9. The number of thiophene rings is 1. The van der Waals surface area contributed by atoms with Crippen LogP contribution < -0.4 is 0 Å². The molecule has 172 valence electrons. The molecule has 33 heavy (non-hydrogen) atoms. The Morgan fingerprint density at radius 3 is 2.52 bits per heavy atom. The summed E-state index contributed by atoms with van der Waals surface area (Å²) in [5.74, 6) is -1.55. The van der Waals surface area contributed by atoms with E-state index in [2.05, 4.69) is 0 Å². The van der Waals surface area contributed by atoms with Gasteiger partial charge in [-0.2, -0.15) is 0 Å². The molecule has 0 N–H and O–H groups in total. The highest BCUT2D eigenvalue weighted by Gasteiger charge is 2.34. The van der Waals surface area contributed by atoms with Crippen LogP contribution in [0.3, 0.4) is 0 Å². The van der Waals surface area contributed by atoms with Crippen LogP contribution in [0.15, 0.2) is 60.0 Å². The predicted octanol–water partition coefficient (Wildman–Crippen LogP) is 5.30. The molecule has 2 aromatic carbocycles. The van der Waals surface area contributed by atoms with Gasteiger partial charge in [0.05, 0.1) is 11.6 Å². The van der Waals surface area contributed by atoms with Crippen molar-refractivity contribution in [2.45, 2.75) is 26.3 Å². The molecule has 0 saturated carbocycles. The lowest BCUT2D eigenvalue weighted by atomic mass is 9.93. The van der Waals surface area contributed by atoms with Crippen LogP contribution in [-0.4, -0.2) is 41.2 Å². The van der Waals surface area contributed by atoms with Crippen molar-refractivity contribution in [1.29, 1.82) is 0 Å². The lowest BCUT2D eigenvalue weighted by Gasteiger charge is -2.38. The molecule has 1 aromatic heterocycles. The fourth-order valence-electron chi connectivity index (χ4n) is 4.31. The van der Waals surface area contributed by atoms with Crippen molar-refractivity contribution in [3.63, 3.8) is 0 Å². The van der Waals surface area contributed by atoms with Crippen LogP contribution in [0.25, 0.3) is 0 Å². The molecule has 0 fully saturated rings. The Hall–Kier alpha value is -3.06. The van der Waals surface area contributed by atoms with Gasteiger partial charge in [0.1, 0.15) is 18.2 Å². The summed E-state index contributed by atoms with van der Waals surface area (Å²) in [6, 6.07) is 13.7. The number of nitrogens with zero attached hydrogens (tertiary/aromatic N) is 2. The molecule has 4 nitrogen and oxygen atoms in total. The van der Waals surface area contributed by atoms with Crippen molar-refractivity contribution in [3.8, 4) is 0 Å². The second-order valence-electron chi connectivity index (χ2n) is 8.65. The summed E-state index contributed by atoms with van der Waals surface area (Å²) in [5, 5.41) is 2.00. The van der Waals surface area contributed by atoms with Crippen molar-refractivity contribution in [3.05, 3.63) is 93.2 Å². The van der Waals surface area contributed by atoms with Crippen molar-refractivity contribution in [1.82, 2.24) is 9.80 Å². The maximum absolute atomic E-state index is 14.3. The highest BCUT2D eigenvalue weighted by Crippen LogP contribution is 2.38. The van der Waals surface area contributed by atoms with Crippen LogP contribution in [0.1, 0.15) is 46.3 Å². The zero-order chi connectivity index (χ0) is 23.5. The SMILES string of the molecule is CC(C)CN(CC(=O)N1CCc2sccc2C1c1ccc(F)cc1)C(=O)c1ccccc1F. The van der Waals surface area contributed by atoms with Gasteiger partial charge in [0.15, 0.2) is 0 Å². The molecule has 0 bridgehead atoms. The second-order valence-corrected chi connectivity index (χ2v) is 9.65. The number of hydrogen-bond donors (Lipinski definition) is 0. The van der Waals surface area contributed by atoms with Gasteiger partial charge in [0.2, 0.25) is 5.91 Å². The minimum absolute atomic E-state index is 0.0419. The lowest BCUT2D eigenvalue weighted by Crippen LogP contribution is -2.47. The Balaban J connectivity index is 1.63. The maximum Gasteiger partial charge on any atom is 0.257 e. The van der Waals surface area contributed by atoms with Crippen molar-refractivity contribution >= 4 is 23.2 Å². The number of halogens is 2. The molecule has 1 unspecified atom stereocenters. The summed E-state index contributed by atoms with van der Waals surface area (Å²) in [6.45, 7) is 4.58. The number of carbonyl (C=O) groups excluding carboxylic acids is 2. The van der Waals surface area contributed by atoms with Crippen molar-refractivity contribution < 1.29 is 18.4 Å². The van der Waals surface area contributed by atoms with E-state index >= 15 is 0 Å². The predicted molar refractivity (Wildman–Crippen MR) is 125 cm³/mol. The van der Waals surface area contributed by atoms with Gasteiger partial charge in [-0.25, -0.2) is 8.78 Å². The number of amides is 2. The number of hydrogen-bond acceptors (Lipinski definition) is 3. The molecule has 2 heterocycles. The Kier molecular flexibility index (Phi) is 6.88. The van der Waals surface area contributed by atoms with Crippen LogP contribution in [0.2, 0.25) is 0 Å². The van der Waals surface area contributed by atoms with Gasteiger partial charge in [-0.1, -0.05) is 38.1 Å². The highest BCUT2D eigenvalue weighted by molar-refractivity contribution is 7.10. The maximum atomic E-state index is 14.3. The first-order chi connectivity index (χ1) is 15.8. The van der Waals surface area contributed by atoms with Crippen LogP contribution in [0, 0.1) is 17.6 Å². The first kappa shape index (κ1) is 23.1. The topological polar surface area (TPSA) is 40.6 Å². The van der Waals surface area contributed by atoms with Gasteiger partial charge in [0, 0.05) is 18.0 Å². The zero-order valence-electron chi connectivity index (χ0n) is 18.6. The monoisotopic (exact) mass is 468 g/mol. The highest BCUT2D eigenvalue weighted by atomic mass is 32.1. The molecular weight excluding hydrogens is 442 g/mol. The van der Waals surface area contributed by atoms with Crippen LogP contribution >= 0.6 is 11.3 Å². The van der Waals surface area contributed by atoms with Gasteiger partial charge in [-0.15, -0.1) is 11.3 Å². The standard InChI is InChI=1S/C26H26F2N2O2S/c1-17(2)15-29(26(32)20-5-3-4-6-22(20)28)16-24(31)30-13-11-23-21(12-14-33-23)25(30)18-7-9-19(27)10-8-18/h3-10,12,14,17,25H,11,13,15-16H2,1-2H3. The summed E-state index contributed by atoms with van der Waals surface area (Å²) in [7, 11) is 0. The molecule has 1 aliphatic heterocycles. The molecule has 2 amide bonds. The number of rotatable bonds is 6. The molecule has 3 aromatic rings. The van der Waals surface area contributed by atoms with E-state index in [1.807, 2.05) is 25.3 Å². The lowest BCUT2D eigenvalue weighted by molar-refractivity contribution is -0.134. The van der Waals surface area contributed by atoms with E-state index in [1.165, 1.54) is 40.1 Å². The van der Waals surface area contributed by atoms with Crippen LogP contribution in [0.5, 0.6) is 0 Å². The first-order valence-corrected chi connectivity index (χ1v) is 11.9. The van der Waals surface area contributed by atoms with E-state index < -0.39 is 11.7 Å². The molecule has 0 spiro atoms. The van der Waals surface area contributed by atoms with E-state index in [1.54, 1.807) is 34.4 Å². The number of fused-ring (bicyclic) bond motifs is 1. The molecule has 1 atom stereocenters. The van der Waals surface area contributed by atoms with Crippen LogP contribution in [-0.2, 0) is 11.2 Å². The molecule has 0 aliphatic carbocycles. The van der Waals surface area contributed by atoms with E-state index in [9.17, 15) is 18.4 Å². The smallest absolute Gasteiger partial charge is 0.257 e. The van der Waals surface area contributed by atoms with Crippen molar-refractivity contribution in [2.24, 2.45) is 5.92 Å². The van der Waals surface area contributed by atoms with Crippen LogP contribution in [0.4, 0.5) is 8.78 Å². The van der Waals surface area contributed by atoms with Gasteiger partial charge < -0.3 is 9.80 Å². The quantitative estimate of drug-likeness (QED) is 0.493. The molecule has 0 radical (unpaired) electrons. The van der Waals surface area contributed by atoms with E-state index in [0.717, 1.165) is 17.5 Å². The third-order valence-electron chi connectivity index (χ3n) is 5.78. The fourth-order valence-corrected chi connectivity index (χ4v) is 5.21. The minimum Gasteiger partial charge on any atom is -0.330 e. The summed E-state index contributed by atoms with van der Waals surface area (Å²) >= 11 is 1.65. The molecule has 4 rings (SSSR count). The van der Waals surface area contributed by atoms with Gasteiger partial charge in [0.25, 0.3) is 5.91 Å². The molecular formula is C26H26F2N2O2S. The third-order valence-corrected chi connectivity index (χ3v) is 6.77. The zero-order valence-corrected chi connectivity index (χ0v) is 19.4. The summed E-state index contributed by atoms with van der Waals surface area (Å²) in [4.78, 5) is 31.1. The van der Waals surface area contributed by atoms with Gasteiger partial charge in [-0.3, -0.25) is 9.59 Å². The fraction of sp³-hybridized carbons (Fsp3) is 0.308. The van der Waals surface area contributed by atoms with Gasteiger partial charge in [-0.05, 0) is 59.2 Å². The Morgan fingerprint density at radius 1 is 1.09 bits per heavy atom. The van der Waals surface area contributed by atoms with Crippen molar-refractivity contribution in [2.75, 3.05) is 19.6 Å². The molecule has 0 saturated heterocycles. The number of carbonyl (C=O) groups is 2. The normalized spacial score (nSPS) is 15.4. The molecule has 1 aliphatic rings. The average Bonchev–Trinajstić information content (AvgIpc) is 3.27. The van der Waals surface area contributed by atoms with E-state index in [0.29, 0.717) is 13.1 Å². The number of benzene rings is 2. The molecule has 7 heteroatoms. The van der Waals surface area contributed by atoms with E-state index in [-0.39, 0.29) is 35.8 Å². The third kappa shape index (κ3) is 4.98. The Morgan fingerprint density at radius 2 is 1.82 bits per heavy atom. The van der Waals surface area contributed by atoms with E-state index in [4.69, 9.17) is 0 Å². The average molecular weight is 469 g/mol. The second kappa shape index (κ2) is 9.83. The summed E-state index contributed by atoms with van der Waals surface area (Å²) in [5.41, 5.74) is 1.81. The first-order valence-electron chi connectivity index (χ1n) is 11.0. The van der Waals surface area contributed by atoms with Gasteiger partial charge >= 0.3 is 0 Å². The minimum atomic E-state index is -0.603.